The second-order valence-corrected chi connectivity index (χ2v) is 5.81. The molecule has 0 aromatic heterocycles. The van der Waals surface area contributed by atoms with E-state index in [1.165, 1.54) is 0 Å². The van der Waals surface area contributed by atoms with E-state index < -0.39 is 0 Å². The Kier molecular flexibility index (Phi) is 3.94. The van der Waals surface area contributed by atoms with Crippen molar-refractivity contribution in [3.8, 4) is 0 Å². The third kappa shape index (κ3) is 2.67. The van der Waals surface area contributed by atoms with E-state index in [1.54, 1.807) is 4.90 Å². The second-order valence-electron chi connectivity index (χ2n) is 5.81. The zero-order valence-corrected chi connectivity index (χ0v) is 11.8. The Balaban J connectivity index is 1.71. The molecule has 0 bridgehead atoms. The molecule has 1 saturated carbocycles. The number of nitrogens with zero attached hydrogens (tertiary/aromatic N) is 1. The summed E-state index contributed by atoms with van der Waals surface area (Å²) in [7, 11) is 0. The minimum atomic E-state index is -0.372. The maximum absolute atomic E-state index is 12.6. The van der Waals surface area contributed by atoms with Crippen LogP contribution in [0.5, 0.6) is 0 Å². The molecule has 2 saturated heterocycles. The third-order valence-electron chi connectivity index (χ3n) is 4.29. The average Bonchev–Trinajstić information content (AvgIpc) is 3.28. The van der Waals surface area contributed by atoms with Gasteiger partial charge in [0.05, 0.1) is 32.5 Å². The van der Waals surface area contributed by atoms with Gasteiger partial charge in [-0.15, -0.1) is 0 Å². The summed E-state index contributed by atoms with van der Waals surface area (Å²) in [6.45, 7) is 4.04. The van der Waals surface area contributed by atoms with E-state index in [2.05, 4.69) is 5.32 Å². The van der Waals surface area contributed by atoms with Crippen molar-refractivity contribution in [2.45, 2.75) is 44.4 Å². The van der Waals surface area contributed by atoms with Crippen LogP contribution < -0.4 is 5.32 Å². The van der Waals surface area contributed by atoms with Crippen LogP contribution in [0.4, 0.5) is 0 Å². The molecule has 3 fully saturated rings. The highest BCUT2D eigenvalue weighted by molar-refractivity contribution is 5.97. The van der Waals surface area contributed by atoms with Crippen LogP contribution >= 0.6 is 0 Å². The lowest BCUT2D eigenvalue weighted by molar-refractivity contribution is -0.156. The first-order valence-corrected chi connectivity index (χ1v) is 7.51. The van der Waals surface area contributed by atoms with Crippen LogP contribution in [0.3, 0.4) is 0 Å². The summed E-state index contributed by atoms with van der Waals surface area (Å²) in [5.74, 6) is 0.351. The molecule has 3 rings (SSSR count). The van der Waals surface area contributed by atoms with Gasteiger partial charge in [-0.25, -0.2) is 0 Å². The Morgan fingerprint density at radius 2 is 2.10 bits per heavy atom. The average molecular weight is 282 g/mol. The summed E-state index contributed by atoms with van der Waals surface area (Å²) in [5.41, 5.74) is 0. The molecule has 0 aromatic rings. The van der Waals surface area contributed by atoms with Crippen molar-refractivity contribution in [2.24, 2.45) is 5.92 Å². The van der Waals surface area contributed by atoms with Gasteiger partial charge in [0.1, 0.15) is 12.1 Å². The summed E-state index contributed by atoms with van der Waals surface area (Å²) < 4.78 is 11.0. The molecule has 3 unspecified atom stereocenters. The van der Waals surface area contributed by atoms with Gasteiger partial charge in [-0.2, -0.15) is 0 Å². The van der Waals surface area contributed by atoms with Crippen LogP contribution in [0.25, 0.3) is 0 Å². The minimum Gasteiger partial charge on any atom is -0.376 e. The van der Waals surface area contributed by atoms with Gasteiger partial charge in [0, 0.05) is 0 Å². The molecule has 20 heavy (non-hydrogen) atoms. The predicted molar refractivity (Wildman–Crippen MR) is 71.0 cm³/mol. The molecule has 3 atom stereocenters. The van der Waals surface area contributed by atoms with Crippen LogP contribution in [-0.2, 0) is 19.1 Å². The fraction of sp³-hybridized carbons (Fsp3) is 0.857. The highest BCUT2D eigenvalue weighted by Crippen LogP contribution is 2.35. The standard InChI is InChI=1S/C14H22N2O4/c1-2-11-13(17)15-12(9-3-4-9)14(18)16(11)7-10-8-19-5-6-20-10/h9-12H,2-8H2,1H3,(H,15,17). The Morgan fingerprint density at radius 1 is 1.30 bits per heavy atom. The summed E-state index contributed by atoms with van der Waals surface area (Å²) in [6.07, 6.45) is 2.57. The van der Waals surface area contributed by atoms with E-state index >= 15 is 0 Å². The lowest BCUT2D eigenvalue weighted by Gasteiger charge is -2.40. The largest absolute Gasteiger partial charge is 0.376 e. The van der Waals surface area contributed by atoms with Gasteiger partial charge in [-0.3, -0.25) is 9.59 Å². The van der Waals surface area contributed by atoms with Crippen LogP contribution in [0.1, 0.15) is 26.2 Å². The number of carbonyl (C=O) groups excluding carboxylic acids is 2. The molecule has 6 nitrogen and oxygen atoms in total. The molecule has 1 aliphatic carbocycles. The quantitative estimate of drug-likeness (QED) is 0.783. The number of carbonyl (C=O) groups is 2. The number of rotatable bonds is 4. The Bertz CT molecular complexity index is 391. The molecule has 6 heteroatoms. The van der Waals surface area contributed by atoms with Gasteiger partial charge >= 0.3 is 0 Å². The number of ether oxygens (including phenoxy) is 2. The molecule has 112 valence electrons. The molecule has 0 aromatic carbocycles. The highest BCUT2D eigenvalue weighted by Gasteiger charge is 2.46. The molecule has 2 heterocycles. The van der Waals surface area contributed by atoms with Crippen molar-refractivity contribution in [2.75, 3.05) is 26.4 Å². The van der Waals surface area contributed by atoms with E-state index in [0.717, 1.165) is 12.8 Å². The predicted octanol–water partition coefficient (Wildman–Crippen LogP) is -0.0826. The first-order valence-electron chi connectivity index (χ1n) is 7.51. The van der Waals surface area contributed by atoms with E-state index in [1.807, 2.05) is 6.92 Å². The van der Waals surface area contributed by atoms with Gasteiger partial charge in [0.15, 0.2) is 0 Å². The second kappa shape index (κ2) is 5.69. The van der Waals surface area contributed by atoms with Gasteiger partial charge in [-0.05, 0) is 25.2 Å². The number of piperazine rings is 1. The Morgan fingerprint density at radius 3 is 2.70 bits per heavy atom. The normalized spacial score (nSPS) is 35.0. The summed E-state index contributed by atoms with van der Waals surface area (Å²) in [5, 5.41) is 2.89. The van der Waals surface area contributed by atoms with E-state index in [0.29, 0.717) is 38.7 Å². The lowest BCUT2D eigenvalue weighted by Crippen LogP contribution is -2.65. The zero-order valence-electron chi connectivity index (χ0n) is 11.8. The molecular weight excluding hydrogens is 260 g/mol. The number of nitrogens with one attached hydrogen (secondary N) is 1. The molecule has 2 aliphatic heterocycles. The Hall–Kier alpha value is -1.14. The summed E-state index contributed by atoms with van der Waals surface area (Å²) in [6, 6.07) is -0.696. The van der Waals surface area contributed by atoms with Crippen molar-refractivity contribution in [3.05, 3.63) is 0 Å². The van der Waals surface area contributed by atoms with Crippen LogP contribution in [-0.4, -0.2) is 61.3 Å². The first kappa shape index (κ1) is 13.8. The smallest absolute Gasteiger partial charge is 0.246 e. The topological polar surface area (TPSA) is 67.9 Å². The van der Waals surface area contributed by atoms with Gasteiger partial charge in [0.2, 0.25) is 11.8 Å². The van der Waals surface area contributed by atoms with Crippen LogP contribution in [0.2, 0.25) is 0 Å². The molecule has 0 radical (unpaired) electrons. The number of amides is 2. The van der Waals surface area contributed by atoms with Crippen molar-refractivity contribution in [1.82, 2.24) is 10.2 Å². The third-order valence-corrected chi connectivity index (χ3v) is 4.29. The molecule has 3 aliphatic rings. The number of hydrogen-bond donors (Lipinski definition) is 1. The fourth-order valence-electron chi connectivity index (χ4n) is 3.02. The summed E-state index contributed by atoms with van der Waals surface area (Å²) in [4.78, 5) is 26.5. The van der Waals surface area contributed by atoms with E-state index in [9.17, 15) is 9.59 Å². The van der Waals surface area contributed by atoms with E-state index in [-0.39, 0.29) is 30.0 Å². The van der Waals surface area contributed by atoms with Crippen LogP contribution in [0, 0.1) is 5.92 Å². The van der Waals surface area contributed by atoms with Gasteiger partial charge in [0.25, 0.3) is 0 Å². The van der Waals surface area contributed by atoms with Crippen molar-refractivity contribution >= 4 is 11.8 Å². The van der Waals surface area contributed by atoms with Crippen molar-refractivity contribution in [3.63, 3.8) is 0 Å². The highest BCUT2D eigenvalue weighted by atomic mass is 16.6. The van der Waals surface area contributed by atoms with Crippen molar-refractivity contribution < 1.29 is 19.1 Å². The van der Waals surface area contributed by atoms with Gasteiger partial charge < -0.3 is 19.7 Å². The maximum atomic E-state index is 12.6. The number of hydrogen-bond acceptors (Lipinski definition) is 4. The molecule has 1 N–H and O–H groups in total. The minimum absolute atomic E-state index is 0.0271. The van der Waals surface area contributed by atoms with Crippen molar-refractivity contribution in [1.29, 1.82) is 0 Å². The zero-order chi connectivity index (χ0) is 14.1. The summed E-state index contributed by atoms with van der Waals surface area (Å²) >= 11 is 0. The van der Waals surface area contributed by atoms with Gasteiger partial charge in [-0.1, -0.05) is 6.92 Å². The first-order chi connectivity index (χ1) is 9.70. The molecular formula is C14H22N2O4. The van der Waals surface area contributed by atoms with Crippen LogP contribution in [0.15, 0.2) is 0 Å². The lowest BCUT2D eigenvalue weighted by atomic mass is 10.0. The van der Waals surface area contributed by atoms with E-state index in [4.69, 9.17) is 9.47 Å². The SMILES string of the molecule is CCC1C(=O)NC(C2CC2)C(=O)N1CC1COCCO1. The molecule has 2 amide bonds. The molecule has 0 spiro atoms. The Labute approximate surface area is 118 Å². The fourth-order valence-corrected chi connectivity index (χ4v) is 3.02. The maximum Gasteiger partial charge on any atom is 0.246 e. The monoisotopic (exact) mass is 282 g/mol.